The third-order valence-electron chi connectivity index (χ3n) is 6.13. The number of aryl methyl sites for hydroxylation is 1. The normalized spacial score (nSPS) is 14.8. The molecule has 1 saturated heterocycles. The SMILES string of the molecule is Cc1ccc(N2CCNCC2)cc1C(=O)N[C@H](C)c1cccc(-c2cccc(CO)c2)c1. The first-order valence-corrected chi connectivity index (χ1v) is 11.2. The van der Waals surface area contributed by atoms with E-state index in [0.717, 1.165) is 65.2 Å². The van der Waals surface area contributed by atoms with Crippen molar-refractivity contribution in [2.24, 2.45) is 0 Å². The largest absolute Gasteiger partial charge is 0.392 e. The van der Waals surface area contributed by atoms with E-state index >= 15 is 0 Å². The van der Waals surface area contributed by atoms with Gasteiger partial charge in [-0.3, -0.25) is 4.79 Å². The zero-order valence-corrected chi connectivity index (χ0v) is 18.8. The predicted octanol–water partition coefficient (Wildman–Crippen LogP) is 4.05. The van der Waals surface area contributed by atoms with Crippen LogP contribution in [0.25, 0.3) is 11.1 Å². The minimum Gasteiger partial charge on any atom is -0.392 e. The van der Waals surface area contributed by atoms with Gasteiger partial charge in [0.15, 0.2) is 0 Å². The van der Waals surface area contributed by atoms with Crippen LogP contribution in [-0.2, 0) is 6.61 Å². The van der Waals surface area contributed by atoms with Crippen molar-refractivity contribution in [1.29, 1.82) is 0 Å². The number of aliphatic hydroxyl groups excluding tert-OH is 1. The highest BCUT2D eigenvalue weighted by atomic mass is 16.3. The van der Waals surface area contributed by atoms with Crippen molar-refractivity contribution in [1.82, 2.24) is 10.6 Å². The van der Waals surface area contributed by atoms with E-state index in [4.69, 9.17) is 0 Å². The third-order valence-corrected chi connectivity index (χ3v) is 6.13. The van der Waals surface area contributed by atoms with Crippen LogP contribution in [0.3, 0.4) is 0 Å². The van der Waals surface area contributed by atoms with Crippen LogP contribution in [-0.4, -0.2) is 37.2 Å². The van der Waals surface area contributed by atoms with Crippen molar-refractivity contribution in [2.45, 2.75) is 26.5 Å². The molecular formula is C27H31N3O2. The highest BCUT2D eigenvalue weighted by molar-refractivity contribution is 5.96. The molecule has 0 saturated carbocycles. The number of carbonyl (C=O) groups excluding carboxylic acids is 1. The van der Waals surface area contributed by atoms with Gasteiger partial charge in [-0.1, -0.05) is 42.5 Å². The molecule has 0 radical (unpaired) electrons. The van der Waals surface area contributed by atoms with Crippen LogP contribution in [0.1, 0.15) is 40.0 Å². The van der Waals surface area contributed by atoms with E-state index in [1.54, 1.807) is 0 Å². The molecule has 1 heterocycles. The summed E-state index contributed by atoms with van der Waals surface area (Å²) < 4.78 is 0. The Kier molecular flexibility index (Phi) is 6.88. The highest BCUT2D eigenvalue weighted by Crippen LogP contribution is 2.25. The summed E-state index contributed by atoms with van der Waals surface area (Å²) in [7, 11) is 0. The van der Waals surface area contributed by atoms with Gasteiger partial charge in [0, 0.05) is 37.4 Å². The Hall–Kier alpha value is -3.15. The molecule has 0 bridgehead atoms. The standard InChI is InChI=1S/C27H31N3O2/c1-19-9-10-25(30-13-11-28-12-14-30)17-26(19)27(32)29-20(2)22-6-4-8-24(16-22)23-7-3-5-21(15-23)18-31/h3-10,15-17,20,28,31H,11-14,18H2,1-2H3,(H,29,32)/t20-/m1/s1. The second kappa shape index (κ2) is 9.98. The number of carbonyl (C=O) groups is 1. The molecule has 3 aromatic rings. The van der Waals surface area contributed by atoms with E-state index in [-0.39, 0.29) is 18.6 Å². The molecule has 1 amide bonds. The van der Waals surface area contributed by atoms with Crippen molar-refractivity contribution in [3.8, 4) is 11.1 Å². The van der Waals surface area contributed by atoms with E-state index < -0.39 is 0 Å². The number of nitrogens with one attached hydrogen (secondary N) is 2. The molecule has 3 aromatic carbocycles. The summed E-state index contributed by atoms with van der Waals surface area (Å²) in [4.78, 5) is 15.5. The summed E-state index contributed by atoms with van der Waals surface area (Å²) in [6, 6.07) is 22.1. The van der Waals surface area contributed by atoms with E-state index in [1.165, 1.54) is 0 Å². The van der Waals surface area contributed by atoms with Crippen LogP contribution in [0.2, 0.25) is 0 Å². The average molecular weight is 430 g/mol. The van der Waals surface area contributed by atoms with Gasteiger partial charge >= 0.3 is 0 Å². The van der Waals surface area contributed by atoms with E-state index in [2.05, 4.69) is 33.7 Å². The Morgan fingerprint density at radius 1 is 1.03 bits per heavy atom. The summed E-state index contributed by atoms with van der Waals surface area (Å²) in [6.45, 7) is 7.84. The van der Waals surface area contributed by atoms with E-state index in [0.29, 0.717) is 0 Å². The maximum atomic E-state index is 13.2. The molecule has 1 fully saturated rings. The number of rotatable bonds is 6. The molecule has 0 aliphatic carbocycles. The minimum absolute atomic E-state index is 0.0202. The molecule has 166 valence electrons. The number of anilines is 1. The molecule has 1 aliphatic heterocycles. The lowest BCUT2D eigenvalue weighted by molar-refractivity contribution is 0.0939. The molecule has 3 N–H and O–H groups in total. The van der Waals surface area contributed by atoms with Crippen LogP contribution < -0.4 is 15.5 Å². The van der Waals surface area contributed by atoms with Gasteiger partial charge in [0.2, 0.25) is 0 Å². The van der Waals surface area contributed by atoms with Gasteiger partial charge in [0.05, 0.1) is 12.6 Å². The molecule has 0 spiro atoms. The van der Waals surface area contributed by atoms with Crippen LogP contribution in [0, 0.1) is 6.92 Å². The molecule has 0 aromatic heterocycles. The highest BCUT2D eigenvalue weighted by Gasteiger charge is 2.17. The first-order chi connectivity index (χ1) is 15.5. The van der Waals surface area contributed by atoms with Gasteiger partial charge < -0.3 is 20.6 Å². The van der Waals surface area contributed by atoms with Crippen molar-refractivity contribution in [2.75, 3.05) is 31.1 Å². The van der Waals surface area contributed by atoms with Gasteiger partial charge in [-0.15, -0.1) is 0 Å². The smallest absolute Gasteiger partial charge is 0.252 e. The predicted molar refractivity (Wildman–Crippen MR) is 130 cm³/mol. The number of benzene rings is 3. The third kappa shape index (κ3) is 5.01. The molecule has 0 unspecified atom stereocenters. The lowest BCUT2D eigenvalue weighted by Gasteiger charge is -2.30. The maximum absolute atomic E-state index is 13.2. The van der Waals surface area contributed by atoms with Crippen LogP contribution in [0.15, 0.2) is 66.7 Å². The zero-order chi connectivity index (χ0) is 22.5. The lowest BCUT2D eigenvalue weighted by atomic mass is 9.98. The van der Waals surface area contributed by atoms with Gasteiger partial charge in [-0.25, -0.2) is 0 Å². The number of piperazine rings is 1. The topological polar surface area (TPSA) is 64.6 Å². The number of hydrogen-bond acceptors (Lipinski definition) is 4. The van der Waals surface area contributed by atoms with Gasteiger partial charge in [-0.05, 0) is 65.9 Å². The molecule has 4 rings (SSSR count). The number of nitrogens with zero attached hydrogens (tertiary/aromatic N) is 1. The summed E-state index contributed by atoms with van der Waals surface area (Å²) in [5, 5.41) is 16.0. The van der Waals surface area contributed by atoms with Crippen molar-refractivity contribution >= 4 is 11.6 Å². The summed E-state index contributed by atoms with van der Waals surface area (Å²) in [5.41, 5.74) is 6.84. The first-order valence-electron chi connectivity index (χ1n) is 11.2. The minimum atomic E-state index is -0.134. The Morgan fingerprint density at radius 3 is 2.50 bits per heavy atom. The second-order valence-corrected chi connectivity index (χ2v) is 8.42. The van der Waals surface area contributed by atoms with Gasteiger partial charge in [-0.2, -0.15) is 0 Å². The molecule has 32 heavy (non-hydrogen) atoms. The Balaban J connectivity index is 1.51. The number of amides is 1. The van der Waals surface area contributed by atoms with Crippen molar-refractivity contribution in [3.05, 3.63) is 89.0 Å². The summed E-state index contributed by atoms with van der Waals surface area (Å²) >= 11 is 0. The van der Waals surface area contributed by atoms with Crippen LogP contribution in [0.4, 0.5) is 5.69 Å². The quantitative estimate of drug-likeness (QED) is 0.553. The van der Waals surface area contributed by atoms with Crippen LogP contribution in [0.5, 0.6) is 0 Å². The zero-order valence-electron chi connectivity index (χ0n) is 18.8. The average Bonchev–Trinajstić information content (AvgIpc) is 2.85. The first kappa shape index (κ1) is 22.1. The van der Waals surface area contributed by atoms with E-state index in [1.807, 2.05) is 62.4 Å². The molecule has 5 nitrogen and oxygen atoms in total. The lowest BCUT2D eigenvalue weighted by Crippen LogP contribution is -2.43. The Morgan fingerprint density at radius 2 is 1.75 bits per heavy atom. The number of aliphatic hydroxyl groups is 1. The van der Waals surface area contributed by atoms with Crippen molar-refractivity contribution in [3.63, 3.8) is 0 Å². The summed E-state index contributed by atoms with van der Waals surface area (Å²) in [6.07, 6.45) is 0. The van der Waals surface area contributed by atoms with Crippen molar-refractivity contribution < 1.29 is 9.90 Å². The second-order valence-electron chi connectivity index (χ2n) is 8.42. The fourth-order valence-corrected chi connectivity index (χ4v) is 4.17. The van der Waals surface area contributed by atoms with Crippen LogP contribution >= 0.6 is 0 Å². The Labute approximate surface area is 190 Å². The number of hydrogen-bond donors (Lipinski definition) is 3. The monoisotopic (exact) mass is 429 g/mol. The molecule has 5 heteroatoms. The molecule has 1 aliphatic rings. The fourth-order valence-electron chi connectivity index (χ4n) is 4.17. The molecule has 1 atom stereocenters. The maximum Gasteiger partial charge on any atom is 0.252 e. The van der Waals surface area contributed by atoms with Gasteiger partial charge in [0.1, 0.15) is 0 Å². The fraction of sp³-hybridized carbons (Fsp3) is 0.296. The van der Waals surface area contributed by atoms with Gasteiger partial charge in [0.25, 0.3) is 5.91 Å². The molecular weight excluding hydrogens is 398 g/mol. The summed E-state index contributed by atoms with van der Waals surface area (Å²) in [5.74, 6) is -0.0559. The van der Waals surface area contributed by atoms with E-state index in [9.17, 15) is 9.90 Å². The Bertz CT molecular complexity index is 1090.